The first-order valence-electron chi connectivity index (χ1n) is 9.55. The Morgan fingerprint density at radius 1 is 1.00 bits per heavy atom. The molecule has 1 aromatic rings. The maximum atomic E-state index is 13.1. The topological polar surface area (TPSA) is 77.1 Å². The van der Waals surface area contributed by atoms with Crippen LogP contribution in [0, 0.1) is 11.8 Å². The van der Waals surface area contributed by atoms with E-state index < -0.39 is 6.04 Å². The number of hydrogen-bond acceptors (Lipinski definition) is 5. The van der Waals surface area contributed by atoms with E-state index in [4.69, 9.17) is 14.2 Å². The fraction of sp³-hybridized carbons (Fsp3) is 0.619. The van der Waals surface area contributed by atoms with Crippen LogP contribution in [0.25, 0.3) is 0 Å². The molecular weight excluding hydrogens is 360 g/mol. The van der Waals surface area contributed by atoms with E-state index in [-0.39, 0.29) is 17.7 Å². The number of amides is 2. The van der Waals surface area contributed by atoms with E-state index in [0.29, 0.717) is 42.7 Å². The molecule has 0 spiro atoms. The highest BCUT2D eigenvalue weighted by molar-refractivity contribution is 5.98. The molecule has 1 aromatic carbocycles. The van der Waals surface area contributed by atoms with Gasteiger partial charge in [-0.2, -0.15) is 0 Å². The number of rotatable bonds is 11. The lowest BCUT2D eigenvalue weighted by molar-refractivity contribution is -0.135. The Labute approximate surface area is 168 Å². The van der Waals surface area contributed by atoms with Gasteiger partial charge < -0.3 is 24.4 Å². The lowest BCUT2D eigenvalue weighted by Gasteiger charge is -2.31. The molecule has 0 saturated carbocycles. The maximum Gasteiger partial charge on any atom is 0.252 e. The summed E-state index contributed by atoms with van der Waals surface area (Å²) in [6, 6.07) is 4.30. The molecule has 7 nitrogen and oxygen atoms in total. The molecule has 1 unspecified atom stereocenters. The first kappa shape index (κ1) is 23.8. The molecule has 1 N–H and O–H groups in total. The second kappa shape index (κ2) is 11.5. The van der Waals surface area contributed by atoms with Crippen LogP contribution in [0.5, 0.6) is 11.5 Å². The standard InChI is InChI=1S/C21H34N2O5/c1-14(2)13-23(8-9-26-5)21(25)19(15(3)4)22-20(24)16-10-17(27-6)12-18(11-16)28-7/h10-12,14-15,19H,8-9,13H2,1-7H3,(H,22,24). The Morgan fingerprint density at radius 2 is 1.57 bits per heavy atom. The number of hydrogen-bond donors (Lipinski definition) is 1. The highest BCUT2D eigenvalue weighted by Gasteiger charge is 2.29. The number of benzene rings is 1. The van der Waals surface area contributed by atoms with Gasteiger partial charge in [0.05, 0.1) is 20.8 Å². The van der Waals surface area contributed by atoms with E-state index in [1.54, 1.807) is 30.2 Å². The van der Waals surface area contributed by atoms with Gasteiger partial charge in [-0.25, -0.2) is 0 Å². The lowest BCUT2D eigenvalue weighted by Crippen LogP contribution is -2.52. The quantitative estimate of drug-likeness (QED) is 0.624. The molecule has 2 amide bonds. The maximum absolute atomic E-state index is 13.1. The van der Waals surface area contributed by atoms with Crippen LogP contribution >= 0.6 is 0 Å². The van der Waals surface area contributed by atoms with Gasteiger partial charge >= 0.3 is 0 Å². The molecule has 28 heavy (non-hydrogen) atoms. The number of ether oxygens (including phenoxy) is 3. The second-order valence-corrected chi connectivity index (χ2v) is 7.47. The molecule has 0 bridgehead atoms. The summed E-state index contributed by atoms with van der Waals surface area (Å²) < 4.78 is 15.6. The number of nitrogens with zero attached hydrogens (tertiary/aromatic N) is 1. The van der Waals surface area contributed by atoms with Crippen molar-refractivity contribution in [3.8, 4) is 11.5 Å². The van der Waals surface area contributed by atoms with Gasteiger partial charge in [0.1, 0.15) is 17.5 Å². The Hall–Kier alpha value is -2.28. The van der Waals surface area contributed by atoms with Gasteiger partial charge in [-0.05, 0) is 24.0 Å². The van der Waals surface area contributed by atoms with E-state index in [1.807, 2.05) is 13.8 Å². The Kier molecular flexibility index (Phi) is 9.79. The van der Waals surface area contributed by atoms with Crippen LogP contribution in [0.2, 0.25) is 0 Å². The summed E-state index contributed by atoms with van der Waals surface area (Å²) in [5.41, 5.74) is 0.377. The van der Waals surface area contributed by atoms with Gasteiger partial charge in [0.15, 0.2) is 0 Å². The van der Waals surface area contributed by atoms with Gasteiger partial charge in [0, 0.05) is 31.8 Å². The number of carbonyl (C=O) groups is 2. The molecule has 158 valence electrons. The molecular formula is C21H34N2O5. The summed E-state index contributed by atoms with van der Waals surface area (Å²) in [4.78, 5) is 27.7. The molecule has 0 aliphatic rings. The van der Waals surface area contributed by atoms with E-state index in [0.717, 1.165) is 0 Å². The van der Waals surface area contributed by atoms with Crippen molar-refractivity contribution in [1.29, 1.82) is 0 Å². The summed E-state index contributed by atoms with van der Waals surface area (Å²) in [5, 5.41) is 2.88. The fourth-order valence-electron chi connectivity index (χ4n) is 2.81. The normalized spacial score (nSPS) is 12.0. The summed E-state index contributed by atoms with van der Waals surface area (Å²) >= 11 is 0. The van der Waals surface area contributed by atoms with Crippen LogP contribution in [0.1, 0.15) is 38.1 Å². The van der Waals surface area contributed by atoms with Crippen LogP contribution < -0.4 is 14.8 Å². The minimum absolute atomic E-state index is 0.0684. The third-order valence-electron chi connectivity index (χ3n) is 4.30. The van der Waals surface area contributed by atoms with Crippen molar-refractivity contribution < 1.29 is 23.8 Å². The zero-order valence-electron chi connectivity index (χ0n) is 18.1. The van der Waals surface area contributed by atoms with Crippen molar-refractivity contribution in [2.75, 3.05) is 41.0 Å². The van der Waals surface area contributed by atoms with Crippen molar-refractivity contribution >= 4 is 11.8 Å². The molecule has 0 radical (unpaired) electrons. The zero-order chi connectivity index (χ0) is 21.3. The molecule has 1 rings (SSSR count). The predicted molar refractivity (Wildman–Crippen MR) is 109 cm³/mol. The number of methoxy groups -OCH3 is 3. The smallest absolute Gasteiger partial charge is 0.252 e. The largest absolute Gasteiger partial charge is 0.497 e. The van der Waals surface area contributed by atoms with Crippen LogP contribution in [0.3, 0.4) is 0 Å². The summed E-state index contributed by atoms with van der Waals surface area (Å²) in [6.07, 6.45) is 0. The summed E-state index contributed by atoms with van der Waals surface area (Å²) in [7, 11) is 4.66. The predicted octanol–water partition coefficient (Wildman–Crippen LogP) is 2.59. The fourth-order valence-corrected chi connectivity index (χ4v) is 2.81. The first-order chi connectivity index (χ1) is 13.2. The number of nitrogens with one attached hydrogen (secondary N) is 1. The molecule has 0 aromatic heterocycles. The molecule has 0 heterocycles. The minimum Gasteiger partial charge on any atom is -0.497 e. The Balaban J connectivity index is 3.04. The van der Waals surface area contributed by atoms with Crippen LogP contribution in [-0.2, 0) is 9.53 Å². The molecule has 0 fully saturated rings. The molecule has 1 atom stereocenters. The minimum atomic E-state index is -0.639. The third kappa shape index (κ3) is 7.03. The summed E-state index contributed by atoms with van der Waals surface area (Å²) in [6.45, 7) is 9.48. The SMILES string of the molecule is COCCN(CC(C)C)C(=O)C(NC(=O)c1cc(OC)cc(OC)c1)C(C)C. The third-order valence-corrected chi connectivity index (χ3v) is 4.30. The second-order valence-electron chi connectivity index (χ2n) is 7.47. The molecule has 0 aliphatic heterocycles. The highest BCUT2D eigenvalue weighted by atomic mass is 16.5. The van der Waals surface area contributed by atoms with Crippen molar-refractivity contribution in [3.05, 3.63) is 23.8 Å². The van der Waals surface area contributed by atoms with Gasteiger partial charge in [-0.15, -0.1) is 0 Å². The van der Waals surface area contributed by atoms with Gasteiger partial charge in [0.2, 0.25) is 5.91 Å². The summed E-state index contributed by atoms with van der Waals surface area (Å²) in [5.74, 6) is 0.814. The van der Waals surface area contributed by atoms with Crippen LogP contribution in [-0.4, -0.2) is 63.8 Å². The van der Waals surface area contributed by atoms with Crippen molar-refractivity contribution in [2.24, 2.45) is 11.8 Å². The van der Waals surface area contributed by atoms with Crippen LogP contribution in [0.4, 0.5) is 0 Å². The van der Waals surface area contributed by atoms with Crippen molar-refractivity contribution in [1.82, 2.24) is 10.2 Å². The van der Waals surface area contributed by atoms with Gasteiger partial charge in [-0.1, -0.05) is 27.7 Å². The highest BCUT2D eigenvalue weighted by Crippen LogP contribution is 2.23. The lowest BCUT2D eigenvalue weighted by atomic mass is 10.0. The van der Waals surface area contributed by atoms with Crippen molar-refractivity contribution in [2.45, 2.75) is 33.7 Å². The first-order valence-corrected chi connectivity index (χ1v) is 9.55. The van der Waals surface area contributed by atoms with Gasteiger partial charge in [-0.3, -0.25) is 9.59 Å². The molecule has 0 aliphatic carbocycles. The monoisotopic (exact) mass is 394 g/mol. The average molecular weight is 395 g/mol. The molecule has 0 saturated heterocycles. The number of carbonyl (C=O) groups excluding carboxylic acids is 2. The van der Waals surface area contributed by atoms with E-state index in [1.165, 1.54) is 14.2 Å². The average Bonchev–Trinajstić information content (AvgIpc) is 2.67. The Morgan fingerprint density at radius 3 is 2.00 bits per heavy atom. The van der Waals surface area contributed by atoms with E-state index in [9.17, 15) is 9.59 Å². The molecule has 7 heteroatoms. The van der Waals surface area contributed by atoms with Gasteiger partial charge in [0.25, 0.3) is 5.91 Å². The zero-order valence-corrected chi connectivity index (χ0v) is 18.1. The van der Waals surface area contributed by atoms with Crippen LogP contribution in [0.15, 0.2) is 18.2 Å². The van der Waals surface area contributed by atoms with E-state index >= 15 is 0 Å². The Bertz CT molecular complexity index is 623. The van der Waals surface area contributed by atoms with Crippen molar-refractivity contribution in [3.63, 3.8) is 0 Å². The van der Waals surface area contributed by atoms with E-state index in [2.05, 4.69) is 19.2 Å².